The summed E-state index contributed by atoms with van der Waals surface area (Å²) in [5.74, 6) is 0.901. The first-order chi connectivity index (χ1) is 12.7. The first-order valence-corrected chi connectivity index (χ1v) is 9.31. The van der Waals surface area contributed by atoms with Crippen LogP contribution in [0.3, 0.4) is 0 Å². The van der Waals surface area contributed by atoms with Crippen LogP contribution in [-0.2, 0) is 4.79 Å². The van der Waals surface area contributed by atoms with Crippen molar-refractivity contribution in [3.8, 4) is 0 Å². The Morgan fingerprint density at radius 1 is 1.08 bits per heavy atom. The lowest BCUT2D eigenvalue weighted by Gasteiger charge is -2.22. The van der Waals surface area contributed by atoms with Gasteiger partial charge in [0.25, 0.3) is 0 Å². The molecule has 1 unspecified atom stereocenters. The smallest absolute Gasteiger partial charge is 0.225 e. The number of carbonyl (C=O) groups is 1. The molecular formula is C20H27N5O. The normalized spacial score (nSPS) is 16.7. The Bertz CT molecular complexity index is 679. The molecule has 3 rings (SSSR count). The molecule has 1 aliphatic rings. The van der Waals surface area contributed by atoms with Gasteiger partial charge in [0, 0.05) is 45.0 Å². The van der Waals surface area contributed by atoms with Crippen LogP contribution in [0, 0.1) is 0 Å². The molecule has 1 aliphatic heterocycles. The van der Waals surface area contributed by atoms with Crippen LogP contribution in [0.2, 0.25) is 0 Å². The number of nitrogens with one attached hydrogen (secondary N) is 1. The van der Waals surface area contributed by atoms with Gasteiger partial charge in [-0.3, -0.25) is 4.79 Å². The summed E-state index contributed by atoms with van der Waals surface area (Å²) in [5.41, 5.74) is 1.13. The van der Waals surface area contributed by atoms with Gasteiger partial charge in [-0.1, -0.05) is 30.3 Å². The van der Waals surface area contributed by atoms with Gasteiger partial charge in [0.15, 0.2) is 0 Å². The summed E-state index contributed by atoms with van der Waals surface area (Å²) in [6, 6.07) is 11.9. The Balaban J connectivity index is 1.42. The van der Waals surface area contributed by atoms with Crippen molar-refractivity contribution in [2.45, 2.75) is 25.8 Å². The van der Waals surface area contributed by atoms with E-state index in [1.165, 1.54) is 0 Å². The number of hydrogen-bond donors (Lipinski definition) is 1. The number of benzene rings is 1. The van der Waals surface area contributed by atoms with E-state index in [4.69, 9.17) is 0 Å². The summed E-state index contributed by atoms with van der Waals surface area (Å²) in [7, 11) is 0. The van der Waals surface area contributed by atoms with Gasteiger partial charge in [-0.25, -0.2) is 9.97 Å². The predicted octanol–water partition coefficient (Wildman–Crippen LogP) is 2.26. The van der Waals surface area contributed by atoms with Crippen LogP contribution >= 0.6 is 0 Å². The third-order valence-electron chi connectivity index (χ3n) is 4.76. The summed E-state index contributed by atoms with van der Waals surface area (Å²) < 4.78 is 0. The fourth-order valence-electron chi connectivity index (χ4n) is 3.25. The van der Waals surface area contributed by atoms with E-state index in [1.54, 1.807) is 12.4 Å². The second-order valence-corrected chi connectivity index (χ2v) is 6.68. The van der Waals surface area contributed by atoms with Gasteiger partial charge >= 0.3 is 0 Å². The highest BCUT2D eigenvalue weighted by atomic mass is 16.1. The van der Waals surface area contributed by atoms with Crippen molar-refractivity contribution in [3.05, 3.63) is 54.4 Å². The molecule has 0 bridgehead atoms. The monoisotopic (exact) mass is 353 g/mol. The van der Waals surface area contributed by atoms with Crippen LogP contribution in [0.25, 0.3) is 0 Å². The van der Waals surface area contributed by atoms with Crippen LogP contribution in [-0.4, -0.2) is 53.5 Å². The Hall–Kier alpha value is -2.47. The van der Waals surface area contributed by atoms with Crippen molar-refractivity contribution in [2.75, 3.05) is 37.6 Å². The second kappa shape index (κ2) is 9.29. The molecule has 0 radical (unpaired) electrons. The molecule has 1 amide bonds. The molecule has 0 spiro atoms. The van der Waals surface area contributed by atoms with Crippen molar-refractivity contribution in [3.63, 3.8) is 0 Å². The van der Waals surface area contributed by atoms with Gasteiger partial charge in [-0.05, 0) is 31.5 Å². The van der Waals surface area contributed by atoms with Crippen LogP contribution in [0.5, 0.6) is 0 Å². The number of hydrogen-bond acceptors (Lipinski definition) is 5. The highest BCUT2D eigenvalue weighted by molar-refractivity contribution is 5.76. The molecule has 1 fully saturated rings. The van der Waals surface area contributed by atoms with Crippen LogP contribution in [0.15, 0.2) is 48.8 Å². The van der Waals surface area contributed by atoms with Crippen molar-refractivity contribution < 1.29 is 4.79 Å². The fraction of sp³-hybridized carbons (Fsp3) is 0.450. The molecule has 26 heavy (non-hydrogen) atoms. The van der Waals surface area contributed by atoms with Gasteiger partial charge in [-0.15, -0.1) is 0 Å². The molecule has 6 nitrogen and oxygen atoms in total. The minimum absolute atomic E-state index is 0.0403. The maximum Gasteiger partial charge on any atom is 0.225 e. The van der Waals surface area contributed by atoms with E-state index in [0.29, 0.717) is 6.42 Å². The van der Waals surface area contributed by atoms with E-state index in [-0.39, 0.29) is 11.9 Å². The van der Waals surface area contributed by atoms with Crippen LogP contribution in [0.1, 0.15) is 31.4 Å². The van der Waals surface area contributed by atoms with E-state index < -0.39 is 0 Å². The topological polar surface area (TPSA) is 61.4 Å². The first-order valence-electron chi connectivity index (χ1n) is 9.31. The average molecular weight is 353 g/mol. The van der Waals surface area contributed by atoms with E-state index in [1.807, 2.05) is 43.3 Å². The number of carbonyl (C=O) groups excluding carboxylic acids is 1. The van der Waals surface area contributed by atoms with Crippen molar-refractivity contribution in [1.82, 2.24) is 20.2 Å². The Morgan fingerprint density at radius 2 is 1.85 bits per heavy atom. The molecule has 0 aliphatic carbocycles. The molecule has 1 aromatic carbocycles. The summed E-state index contributed by atoms with van der Waals surface area (Å²) in [4.78, 5) is 25.5. The lowest BCUT2D eigenvalue weighted by Crippen LogP contribution is -2.35. The SMILES string of the molecule is CC(NC(=O)CCN1CCCN(c2ncccn2)CC1)c1ccccc1. The first kappa shape index (κ1) is 18.3. The largest absolute Gasteiger partial charge is 0.350 e. The zero-order chi connectivity index (χ0) is 18.2. The summed E-state index contributed by atoms with van der Waals surface area (Å²) in [6.45, 7) is 6.60. The third-order valence-corrected chi connectivity index (χ3v) is 4.76. The molecule has 0 saturated carbocycles. The lowest BCUT2D eigenvalue weighted by molar-refractivity contribution is -0.122. The van der Waals surface area contributed by atoms with Crippen LogP contribution in [0.4, 0.5) is 5.95 Å². The Morgan fingerprint density at radius 3 is 2.62 bits per heavy atom. The number of rotatable bonds is 6. The van der Waals surface area contributed by atoms with Gasteiger partial charge in [0.05, 0.1) is 6.04 Å². The van der Waals surface area contributed by atoms with E-state index in [2.05, 4.69) is 25.1 Å². The van der Waals surface area contributed by atoms with Gasteiger partial charge in [0.2, 0.25) is 11.9 Å². The molecule has 1 N–H and O–H groups in total. The zero-order valence-corrected chi connectivity index (χ0v) is 15.3. The maximum absolute atomic E-state index is 12.3. The maximum atomic E-state index is 12.3. The highest BCUT2D eigenvalue weighted by Gasteiger charge is 2.17. The molecule has 2 heterocycles. The van der Waals surface area contributed by atoms with Crippen molar-refractivity contribution >= 4 is 11.9 Å². The highest BCUT2D eigenvalue weighted by Crippen LogP contribution is 2.12. The minimum atomic E-state index is 0.0403. The number of amides is 1. The quantitative estimate of drug-likeness (QED) is 0.863. The predicted molar refractivity (Wildman–Crippen MR) is 103 cm³/mol. The molecule has 1 saturated heterocycles. The summed E-state index contributed by atoms with van der Waals surface area (Å²) in [6.07, 6.45) is 5.14. The fourth-order valence-corrected chi connectivity index (χ4v) is 3.25. The summed E-state index contributed by atoms with van der Waals surface area (Å²) >= 11 is 0. The van der Waals surface area contributed by atoms with Gasteiger partial charge in [0.1, 0.15) is 0 Å². The molecule has 138 valence electrons. The van der Waals surface area contributed by atoms with E-state index >= 15 is 0 Å². The molecule has 2 aromatic rings. The second-order valence-electron chi connectivity index (χ2n) is 6.68. The van der Waals surface area contributed by atoms with Crippen LogP contribution < -0.4 is 10.2 Å². The lowest BCUT2D eigenvalue weighted by atomic mass is 10.1. The third kappa shape index (κ3) is 5.26. The Kier molecular flexibility index (Phi) is 6.55. The Labute approximate surface area is 155 Å². The summed E-state index contributed by atoms with van der Waals surface area (Å²) in [5, 5.41) is 3.09. The molecule has 1 aromatic heterocycles. The average Bonchev–Trinajstić information content (AvgIpc) is 2.93. The van der Waals surface area contributed by atoms with Crippen molar-refractivity contribution in [2.24, 2.45) is 0 Å². The van der Waals surface area contributed by atoms with E-state index in [0.717, 1.165) is 50.7 Å². The van der Waals surface area contributed by atoms with Gasteiger partial charge in [-0.2, -0.15) is 0 Å². The minimum Gasteiger partial charge on any atom is -0.350 e. The zero-order valence-electron chi connectivity index (χ0n) is 15.3. The molecular weight excluding hydrogens is 326 g/mol. The van der Waals surface area contributed by atoms with E-state index in [9.17, 15) is 4.79 Å². The standard InChI is InChI=1S/C20H27N5O/c1-17(18-7-3-2-4-8-18)23-19(26)9-14-24-12-6-13-25(16-15-24)20-21-10-5-11-22-20/h2-5,7-8,10-11,17H,6,9,12-16H2,1H3,(H,23,26). The van der Waals surface area contributed by atoms with Gasteiger partial charge < -0.3 is 15.1 Å². The number of nitrogens with zero attached hydrogens (tertiary/aromatic N) is 4. The molecule has 1 atom stereocenters. The van der Waals surface area contributed by atoms with Crippen molar-refractivity contribution in [1.29, 1.82) is 0 Å². The molecule has 6 heteroatoms. The number of aromatic nitrogens is 2. The number of anilines is 1.